The molecule has 0 spiro atoms. The molecule has 0 radical (unpaired) electrons. The molecule has 4 heteroatoms. The summed E-state index contributed by atoms with van der Waals surface area (Å²) in [6.45, 7) is 6.67. The van der Waals surface area contributed by atoms with Crippen LogP contribution in [-0.2, 0) is 0 Å². The van der Waals surface area contributed by atoms with Crippen LogP contribution in [0.5, 0.6) is 5.88 Å². The monoisotopic (exact) mass is 249 g/mol. The lowest BCUT2D eigenvalue weighted by atomic mass is 9.97. The van der Waals surface area contributed by atoms with Gasteiger partial charge in [-0.2, -0.15) is 0 Å². The van der Waals surface area contributed by atoms with E-state index in [1.165, 1.54) is 18.5 Å². The summed E-state index contributed by atoms with van der Waals surface area (Å²) in [5.74, 6) is 1.49. The maximum absolute atomic E-state index is 5.19. The second kappa shape index (κ2) is 6.59. The SMILES string of the molecule is CCN(CC1CCNCC1)c1ccnc(OC)c1. The van der Waals surface area contributed by atoms with Crippen LogP contribution in [0.4, 0.5) is 5.69 Å². The minimum Gasteiger partial charge on any atom is -0.481 e. The van der Waals surface area contributed by atoms with E-state index in [-0.39, 0.29) is 0 Å². The van der Waals surface area contributed by atoms with Crippen LogP contribution >= 0.6 is 0 Å². The molecule has 1 fully saturated rings. The van der Waals surface area contributed by atoms with Gasteiger partial charge in [0.2, 0.25) is 5.88 Å². The van der Waals surface area contributed by atoms with Crippen LogP contribution in [0.1, 0.15) is 19.8 Å². The molecule has 4 nitrogen and oxygen atoms in total. The number of nitrogens with one attached hydrogen (secondary N) is 1. The van der Waals surface area contributed by atoms with Gasteiger partial charge in [0.25, 0.3) is 0 Å². The van der Waals surface area contributed by atoms with Crippen molar-refractivity contribution >= 4 is 5.69 Å². The van der Waals surface area contributed by atoms with Gasteiger partial charge in [0.15, 0.2) is 0 Å². The molecule has 100 valence electrons. The van der Waals surface area contributed by atoms with Gasteiger partial charge >= 0.3 is 0 Å². The van der Waals surface area contributed by atoms with Crippen LogP contribution in [0, 0.1) is 5.92 Å². The Morgan fingerprint density at radius 3 is 2.89 bits per heavy atom. The largest absolute Gasteiger partial charge is 0.481 e. The zero-order valence-electron chi connectivity index (χ0n) is 11.4. The number of hydrogen-bond donors (Lipinski definition) is 1. The van der Waals surface area contributed by atoms with Crippen molar-refractivity contribution < 1.29 is 4.74 Å². The van der Waals surface area contributed by atoms with E-state index >= 15 is 0 Å². The van der Waals surface area contributed by atoms with Gasteiger partial charge in [0, 0.05) is 31.0 Å². The highest BCUT2D eigenvalue weighted by molar-refractivity contribution is 5.48. The molecular weight excluding hydrogens is 226 g/mol. The maximum Gasteiger partial charge on any atom is 0.214 e. The molecule has 0 saturated carbocycles. The predicted octanol–water partition coefficient (Wildman–Crippen LogP) is 1.92. The number of pyridine rings is 1. The van der Waals surface area contributed by atoms with E-state index in [9.17, 15) is 0 Å². The van der Waals surface area contributed by atoms with E-state index in [4.69, 9.17) is 4.74 Å². The highest BCUT2D eigenvalue weighted by Gasteiger charge is 2.16. The fraction of sp³-hybridized carbons (Fsp3) is 0.643. The number of rotatable bonds is 5. The Morgan fingerprint density at radius 1 is 1.44 bits per heavy atom. The number of anilines is 1. The molecule has 1 aromatic rings. The third-order valence-corrected chi connectivity index (χ3v) is 3.61. The summed E-state index contributed by atoms with van der Waals surface area (Å²) in [6, 6.07) is 4.08. The van der Waals surface area contributed by atoms with E-state index in [2.05, 4.69) is 28.2 Å². The molecule has 1 saturated heterocycles. The smallest absolute Gasteiger partial charge is 0.214 e. The van der Waals surface area contributed by atoms with E-state index < -0.39 is 0 Å². The topological polar surface area (TPSA) is 37.4 Å². The molecule has 18 heavy (non-hydrogen) atoms. The summed E-state index contributed by atoms with van der Waals surface area (Å²) in [7, 11) is 1.66. The summed E-state index contributed by atoms with van der Waals surface area (Å²) in [5, 5.41) is 3.42. The third-order valence-electron chi connectivity index (χ3n) is 3.61. The van der Waals surface area contributed by atoms with Crippen molar-refractivity contribution in [3.63, 3.8) is 0 Å². The van der Waals surface area contributed by atoms with Gasteiger partial charge in [0.05, 0.1) is 7.11 Å². The minimum absolute atomic E-state index is 0.691. The lowest BCUT2D eigenvalue weighted by Gasteiger charge is -2.30. The van der Waals surface area contributed by atoms with Crippen LogP contribution in [0.3, 0.4) is 0 Å². The van der Waals surface area contributed by atoms with Crippen LogP contribution in [0.25, 0.3) is 0 Å². The fourth-order valence-corrected chi connectivity index (χ4v) is 2.50. The number of ether oxygens (including phenoxy) is 1. The number of aromatic nitrogens is 1. The Hall–Kier alpha value is -1.29. The zero-order valence-corrected chi connectivity index (χ0v) is 11.4. The Bertz CT molecular complexity index is 364. The molecule has 1 N–H and O–H groups in total. The van der Waals surface area contributed by atoms with Crippen LogP contribution in [0.2, 0.25) is 0 Å². The number of piperidine rings is 1. The van der Waals surface area contributed by atoms with Gasteiger partial charge < -0.3 is 15.0 Å². The number of methoxy groups -OCH3 is 1. The lowest BCUT2D eigenvalue weighted by molar-refractivity contribution is 0.374. The van der Waals surface area contributed by atoms with Crippen molar-refractivity contribution in [1.82, 2.24) is 10.3 Å². The Balaban J connectivity index is 2.02. The normalized spacial score (nSPS) is 16.6. The Labute approximate surface area is 109 Å². The summed E-state index contributed by atoms with van der Waals surface area (Å²) in [5.41, 5.74) is 1.21. The third kappa shape index (κ3) is 3.35. The predicted molar refractivity (Wildman–Crippen MR) is 74.3 cm³/mol. The van der Waals surface area contributed by atoms with Gasteiger partial charge in [-0.1, -0.05) is 0 Å². The number of nitrogens with zero attached hydrogens (tertiary/aromatic N) is 2. The Morgan fingerprint density at radius 2 is 2.22 bits per heavy atom. The second-order valence-corrected chi connectivity index (χ2v) is 4.79. The first-order chi connectivity index (χ1) is 8.83. The average Bonchev–Trinajstić information content (AvgIpc) is 2.46. The fourth-order valence-electron chi connectivity index (χ4n) is 2.50. The second-order valence-electron chi connectivity index (χ2n) is 4.79. The van der Waals surface area contributed by atoms with Crippen molar-refractivity contribution in [1.29, 1.82) is 0 Å². The summed E-state index contributed by atoms with van der Waals surface area (Å²) < 4.78 is 5.19. The summed E-state index contributed by atoms with van der Waals surface area (Å²) >= 11 is 0. The minimum atomic E-state index is 0.691. The van der Waals surface area contributed by atoms with E-state index in [1.807, 2.05) is 12.3 Å². The van der Waals surface area contributed by atoms with Crippen molar-refractivity contribution in [3.8, 4) is 5.88 Å². The van der Waals surface area contributed by atoms with Crippen molar-refractivity contribution in [2.45, 2.75) is 19.8 Å². The first kappa shape index (κ1) is 13.1. The first-order valence-electron chi connectivity index (χ1n) is 6.79. The molecular formula is C14H23N3O. The van der Waals surface area contributed by atoms with Gasteiger partial charge in [0.1, 0.15) is 0 Å². The highest BCUT2D eigenvalue weighted by Crippen LogP contribution is 2.22. The molecule has 0 unspecified atom stereocenters. The van der Waals surface area contributed by atoms with E-state index in [0.29, 0.717) is 5.88 Å². The molecule has 2 heterocycles. The van der Waals surface area contributed by atoms with Gasteiger partial charge in [-0.25, -0.2) is 4.98 Å². The molecule has 2 rings (SSSR count). The molecule has 0 atom stereocenters. The Kier molecular flexibility index (Phi) is 4.81. The average molecular weight is 249 g/mol. The molecule has 0 amide bonds. The molecule has 0 bridgehead atoms. The van der Waals surface area contributed by atoms with Crippen LogP contribution < -0.4 is 15.0 Å². The van der Waals surface area contributed by atoms with Crippen molar-refractivity contribution in [2.75, 3.05) is 38.2 Å². The molecule has 1 aliphatic rings. The summed E-state index contributed by atoms with van der Waals surface area (Å²) in [6.07, 6.45) is 4.37. The van der Waals surface area contributed by atoms with Gasteiger partial charge in [-0.3, -0.25) is 0 Å². The molecule has 0 aliphatic carbocycles. The highest BCUT2D eigenvalue weighted by atomic mass is 16.5. The quantitative estimate of drug-likeness (QED) is 0.865. The van der Waals surface area contributed by atoms with Gasteiger partial charge in [-0.05, 0) is 44.8 Å². The summed E-state index contributed by atoms with van der Waals surface area (Å²) in [4.78, 5) is 6.58. The molecule has 1 aliphatic heterocycles. The number of hydrogen-bond acceptors (Lipinski definition) is 4. The molecule has 0 aromatic carbocycles. The van der Waals surface area contributed by atoms with E-state index in [0.717, 1.165) is 32.1 Å². The van der Waals surface area contributed by atoms with Crippen molar-refractivity contribution in [3.05, 3.63) is 18.3 Å². The van der Waals surface area contributed by atoms with Crippen LogP contribution in [-0.4, -0.2) is 38.3 Å². The van der Waals surface area contributed by atoms with Crippen LogP contribution in [0.15, 0.2) is 18.3 Å². The zero-order chi connectivity index (χ0) is 12.8. The lowest BCUT2D eigenvalue weighted by Crippen LogP contribution is -2.36. The van der Waals surface area contributed by atoms with Gasteiger partial charge in [-0.15, -0.1) is 0 Å². The standard InChI is InChI=1S/C14H23N3O/c1-3-17(11-12-4-7-15-8-5-12)13-6-9-16-14(10-13)18-2/h6,9-10,12,15H,3-5,7-8,11H2,1-2H3. The maximum atomic E-state index is 5.19. The first-order valence-corrected chi connectivity index (χ1v) is 6.79. The molecule has 1 aromatic heterocycles. The van der Waals surface area contributed by atoms with E-state index in [1.54, 1.807) is 7.11 Å². The van der Waals surface area contributed by atoms with Crippen molar-refractivity contribution in [2.24, 2.45) is 5.92 Å².